The van der Waals surface area contributed by atoms with E-state index in [4.69, 9.17) is 6.57 Å². The summed E-state index contributed by atoms with van der Waals surface area (Å²) in [4.78, 5) is 9.33. The topological polar surface area (TPSA) is 41.0 Å². The van der Waals surface area contributed by atoms with Gasteiger partial charge in [-0.1, -0.05) is 6.07 Å². The van der Waals surface area contributed by atoms with Crippen LogP contribution in [0.25, 0.3) is 24.9 Å². The van der Waals surface area contributed by atoms with E-state index < -0.39 is 0 Å². The van der Waals surface area contributed by atoms with Crippen LogP contribution in [0.2, 0.25) is 0 Å². The number of hydrogen-bond donors (Lipinski definition) is 0. The van der Waals surface area contributed by atoms with Gasteiger partial charge in [0.15, 0.2) is 0 Å². The fourth-order valence-electron chi connectivity index (χ4n) is 2.20. The van der Waals surface area contributed by atoms with Crippen LogP contribution in [-0.2, 0) is 0 Å². The van der Waals surface area contributed by atoms with Crippen LogP contribution in [0, 0.1) is 31.8 Å². The lowest BCUT2D eigenvalue weighted by atomic mass is 10.0. The summed E-state index contributed by atoms with van der Waals surface area (Å²) in [5.74, 6) is 0. The van der Waals surface area contributed by atoms with E-state index in [0.29, 0.717) is 11.3 Å². The number of benzene rings is 1. The van der Waals surface area contributed by atoms with E-state index in [-0.39, 0.29) is 0 Å². The molecule has 0 unspecified atom stereocenters. The molecule has 0 saturated carbocycles. The van der Waals surface area contributed by atoms with E-state index >= 15 is 0 Å². The highest BCUT2D eigenvalue weighted by Crippen LogP contribution is 2.41. The molecule has 0 N–H and O–H groups in total. The summed E-state index contributed by atoms with van der Waals surface area (Å²) in [5.41, 5.74) is 3.42. The fraction of sp³-hybridized carbons (Fsp3) is 0.133. The van der Waals surface area contributed by atoms with Gasteiger partial charge < -0.3 is 0 Å². The molecule has 96 valence electrons. The van der Waals surface area contributed by atoms with Crippen LogP contribution in [0.5, 0.6) is 0 Å². The van der Waals surface area contributed by atoms with Gasteiger partial charge in [0.25, 0.3) is 0 Å². The molecule has 0 aliphatic rings. The number of hydrogen-bond acceptors (Lipinski definition) is 4. The molecule has 0 saturated heterocycles. The second-order valence-electron chi connectivity index (χ2n) is 4.37. The monoisotopic (exact) mass is 295 g/mol. The molecule has 20 heavy (non-hydrogen) atoms. The Morgan fingerprint density at radius 3 is 2.75 bits per heavy atom. The van der Waals surface area contributed by atoms with E-state index in [9.17, 15) is 5.26 Å². The van der Waals surface area contributed by atoms with E-state index in [1.807, 2.05) is 31.4 Å². The zero-order valence-corrected chi connectivity index (χ0v) is 12.5. The molecular formula is C15H9N3S2. The van der Waals surface area contributed by atoms with Crippen molar-refractivity contribution in [3.63, 3.8) is 0 Å². The normalized spacial score (nSPS) is 10.4. The lowest BCUT2D eigenvalue weighted by molar-refractivity contribution is 1.37. The number of thiazole rings is 1. The molecule has 0 fully saturated rings. The lowest BCUT2D eigenvalue weighted by Crippen LogP contribution is -1.88. The van der Waals surface area contributed by atoms with Crippen LogP contribution in [0.3, 0.4) is 0 Å². The van der Waals surface area contributed by atoms with Gasteiger partial charge in [0, 0.05) is 4.70 Å². The van der Waals surface area contributed by atoms with Crippen LogP contribution in [0.4, 0.5) is 5.69 Å². The van der Waals surface area contributed by atoms with Crippen molar-refractivity contribution in [2.75, 3.05) is 0 Å². The van der Waals surface area contributed by atoms with E-state index in [1.165, 1.54) is 0 Å². The van der Waals surface area contributed by atoms with Gasteiger partial charge in [0.05, 0.1) is 28.6 Å². The van der Waals surface area contributed by atoms with E-state index in [1.54, 1.807) is 22.7 Å². The molecule has 2 aromatic heterocycles. The van der Waals surface area contributed by atoms with Crippen molar-refractivity contribution in [3.8, 4) is 16.0 Å². The molecule has 3 aromatic rings. The average molecular weight is 295 g/mol. The van der Waals surface area contributed by atoms with Crippen molar-refractivity contribution in [1.29, 1.82) is 5.26 Å². The third-order valence-corrected chi connectivity index (χ3v) is 5.46. The summed E-state index contributed by atoms with van der Waals surface area (Å²) in [5, 5.41) is 12.3. The molecule has 3 nitrogen and oxygen atoms in total. The summed E-state index contributed by atoms with van der Waals surface area (Å²) >= 11 is 3.24. The SMILES string of the molecule is [C-]#[N+]c1c(C#N)c(C)c2nc(-c3cccs3)sc2c1C. The summed E-state index contributed by atoms with van der Waals surface area (Å²) in [6.45, 7) is 11.1. The number of aryl methyl sites for hydroxylation is 2. The molecule has 1 aromatic carbocycles. The average Bonchev–Trinajstić information content (AvgIpc) is 3.09. The first-order valence-electron chi connectivity index (χ1n) is 5.92. The maximum Gasteiger partial charge on any atom is 0.209 e. The van der Waals surface area contributed by atoms with E-state index in [2.05, 4.69) is 15.9 Å². The van der Waals surface area contributed by atoms with Crippen LogP contribution in [0.1, 0.15) is 16.7 Å². The van der Waals surface area contributed by atoms with Crippen LogP contribution >= 0.6 is 22.7 Å². The maximum atomic E-state index is 9.29. The Labute approximate surface area is 124 Å². The van der Waals surface area contributed by atoms with Gasteiger partial charge in [-0.15, -0.1) is 22.7 Å². The Morgan fingerprint density at radius 1 is 1.35 bits per heavy atom. The van der Waals surface area contributed by atoms with Gasteiger partial charge in [0.2, 0.25) is 5.69 Å². The first kappa shape index (κ1) is 12.8. The second kappa shape index (κ2) is 4.72. The Kier molecular flexibility index (Phi) is 3.02. The molecule has 2 heterocycles. The number of nitriles is 1. The highest BCUT2D eigenvalue weighted by molar-refractivity contribution is 7.25. The Hall–Kier alpha value is -2.21. The van der Waals surface area contributed by atoms with Crippen molar-refractivity contribution in [2.24, 2.45) is 0 Å². The third-order valence-electron chi connectivity index (χ3n) is 3.25. The van der Waals surface area contributed by atoms with Gasteiger partial charge in [0.1, 0.15) is 5.01 Å². The molecule has 5 heteroatoms. The van der Waals surface area contributed by atoms with Crippen molar-refractivity contribution in [3.05, 3.63) is 45.6 Å². The minimum atomic E-state index is 0.452. The molecule has 0 radical (unpaired) electrons. The van der Waals surface area contributed by atoms with Gasteiger partial charge in [-0.25, -0.2) is 9.83 Å². The number of rotatable bonds is 1. The molecule has 3 rings (SSSR count). The first-order valence-corrected chi connectivity index (χ1v) is 7.62. The molecule has 0 amide bonds. The molecule has 0 spiro atoms. The zero-order valence-electron chi connectivity index (χ0n) is 10.9. The van der Waals surface area contributed by atoms with Gasteiger partial charge in [-0.3, -0.25) is 0 Å². The van der Waals surface area contributed by atoms with Crippen molar-refractivity contribution in [1.82, 2.24) is 4.98 Å². The summed E-state index contributed by atoms with van der Waals surface area (Å²) < 4.78 is 1.01. The van der Waals surface area contributed by atoms with Gasteiger partial charge in [-0.05, 0) is 36.4 Å². The minimum absolute atomic E-state index is 0.452. The number of fused-ring (bicyclic) bond motifs is 1. The fourth-order valence-corrected chi connectivity index (χ4v) is 4.12. The predicted octanol–water partition coefficient (Wildman–Crippen LogP) is 5.06. The Bertz CT molecular complexity index is 833. The zero-order chi connectivity index (χ0) is 14.3. The quantitative estimate of drug-likeness (QED) is 0.588. The molecular weight excluding hydrogens is 286 g/mol. The summed E-state index contributed by atoms with van der Waals surface area (Å²) in [7, 11) is 0. The minimum Gasteiger partial charge on any atom is -0.236 e. The van der Waals surface area contributed by atoms with Crippen molar-refractivity contribution < 1.29 is 0 Å². The largest absolute Gasteiger partial charge is 0.236 e. The van der Waals surface area contributed by atoms with Crippen molar-refractivity contribution in [2.45, 2.75) is 13.8 Å². The van der Waals surface area contributed by atoms with Gasteiger partial charge in [-0.2, -0.15) is 5.26 Å². The standard InChI is InChI=1S/C15H9N3S2/c1-8-10(7-16)12(17-3)9(2)14-13(8)18-15(20-14)11-5-4-6-19-11/h4-6H,1-2H3. The van der Waals surface area contributed by atoms with Crippen molar-refractivity contribution >= 4 is 38.6 Å². The van der Waals surface area contributed by atoms with Crippen LogP contribution < -0.4 is 0 Å². The van der Waals surface area contributed by atoms with E-state index in [0.717, 1.165) is 31.2 Å². The molecule has 0 aliphatic carbocycles. The Morgan fingerprint density at radius 2 is 2.15 bits per heavy atom. The highest BCUT2D eigenvalue weighted by atomic mass is 32.1. The number of aromatic nitrogens is 1. The summed E-state index contributed by atoms with van der Waals surface area (Å²) in [6.07, 6.45) is 0. The maximum absolute atomic E-state index is 9.29. The predicted molar refractivity (Wildman–Crippen MR) is 83.4 cm³/mol. The van der Waals surface area contributed by atoms with Crippen LogP contribution in [-0.4, -0.2) is 4.98 Å². The molecule has 0 atom stereocenters. The highest BCUT2D eigenvalue weighted by Gasteiger charge is 2.19. The molecule has 0 aliphatic heterocycles. The van der Waals surface area contributed by atoms with Crippen LogP contribution in [0.15, 0.2) is 17.5 Å². The second-order valence-corrected chi connectivity index (χ2v) is 6.32. The smallest absolute Gasteiger partial charge is 0.209 e. The summed E-state index contributed by atoms with van der Waals surface area (Å²) in [6, 6.07) is 6.18. The number of nitrogens with zero attached hydrogens (tertiary/aromatic N) is 3. The lowest BCUT2D eigenvalue weighted by Gasteiger charge is -2.05. The third kappa shape index (κ3) is 1.72. The number of thiophene rings is 1. The molecule has 0 bridgehead atoms. The Balaban J connectivity index is 2.41. The first-order chi connectivity index (χ1) is 9.67. The van der Waals surface area contributed by atoms with Gasteiger partial charge >= 0.3 is 0 Å².